The first-order chi connectivity index (χ1) is 22.2. The minimum atomic E-state index is -4.61. The van der Waals surface area contributed by atoms with E-state index in [9.17, 15) is 32.7 Å². The Morgan fingerprint density at radius 1 is 1.06 bits per heavy atom. The third-order valence-corrected chi connectivity index (χ3v) is 8.18. The number of halogens is 4. The van der Waals surface area contributed by atoms with E-state index in [1.165, 1.54) is 11.2 Å². The van der Waals surface area contributed by atoms with E-state index in [0.29, 0.717) is 23.6 Å². The van der Waals surface area contributed by atoms with Crippen molar-refractivity contribution in [2.24, 2.45) is 0 Å². The van der Waals surface area contributed by atoms with Gasteiger partial charge in [0.05, 0.1) is 27.7 Å². The minimum absolute atomic E-state index is 0.00685. The molecule has 0 atom stereocenters. The average Bonchev–Trinajstić information content (AvgIpc) is 3.03. The van der Waals surface area contributed by atoms with Gasteiger partial charge < -0.3 is 30.1 Å². The van der Waals surface area contributed by atoms with Gasteiger partial charge in [0.25, 0.3) is 5.91 Å². The molecule has 1 aliphatic rings. The molecule has 3 aromatic heterocycles. The van der Waals surface area contributed by atoms with Crippen molar-refractivity contribution in [3.8, 4) is 5.75 Å². The summed E-state index contributed by atoms with van der Waals surface area (Å²) >= 11 is 6.08. The number of fused-ring (bicyclic) bond motifs is 1. The highest BCUT2D eigenvalue weighted by molar-refractivity contribution is 6.33. The average molecular weight is 674 g/mol. The molecule has 5 rings (SSSR count). The molecule has 0 aliphatic carbocycles. The van der Waals surface area contributed by atoms with Crippen LogP contribution in [0.5, 0.6) is 5.75 Å². The van der Waals surface area contributed by atoms with Crippen LogP contribution in [-0.2, 0) is 23.9 Å². The Morgan fingerprint density at radius 3 is 2.38 bits per heavy atom. The molecule has 1 saturated heterocycles. The summed E-state index contributed by atoms with van der Waals surface area (Å²) in [4.78, 5) is 60.9. The lowest BCUT2D eigenvalue weighted by atomic mass is 10.1. The largest absolute Gasteiger partial charge is 0.504 e. The molecule has 0 unspecified atom stereocenters. The lowest BCUT2D eigenvalue weighted by Gasteiger charge is -2.37. The van der Waals surface area contributed by atoms with Crippen LogP contribution in [0.15, 0.2) is 29.3 Å². The Bertz CT molecular complexity index is 1940. The summed E-state index contributed by atoms with van der Waals surface area (Å²) in [7, 11) is 1.64. The summed E-state index contributed by atoms with van der Waals surface area (Å²) in [6.07, 6.45) is -3.10. The predicted octanol–water partition coefficient (Wildman–Crippen LogP) is 3.78. The summed E-state index contributed by atoms with van der Waals surface area (Å²) in [5.41, 5.74) is 0.179. The summed E-state index contributed by atoms with van der Waals surface area (Å²) in [5.74, 6) is -1.02. The molecule has 1 fully saturated rings. The number of hydrogen-bond donors (Lipinski definition) is 3. The van der Waals surface area contributed by atoms with E-state index >= 15 is 0 Å². The van der Waals surface area contributed by atoms with Crippen molar-refractivity contribution in [3.05, 3.63) is 68.1 Å². The fraction of sp³-hybridized carbons (Fsp3) is 0.367. The first-order valence-corrected chi connectivity index (χ1v) is 15.0. The molecule has 0 radical (unpaired) electrons. The van der Waals surface area contributed by atoms with E-state index in [-0.39, 0.29) is 77.4 Å². The third kappa shape index (κ3) is 6.50. The third-order valence-electron chi connectivity index (χ3n) is 7.87. The van der Waals surface area contributed by atoms with E-state index in [2.05, 4.69) is 30.6 Å². The molecule has 0 bridgehead atoms. The number of nitrogens with zero attached hydrogens (tertiary/aromatic N) is 7. The monoisotopic (exact) mass is 673 g/mol. The second-order valence-corrected chi connectivity index (χ2v) is 11.2. The van der Waals surface area contributed by atoms with Crippen LogP contribution < -0.4 is 21.0 Å². The first kappa shape index (κ1) is 33.4. The van der Waals surface area contributed by atoms with Crippen molar-refractivity contribution >= 4 is 51.8 Å². The van der Waals surface area contributed by atoms with Gasteiger partial charge in [0.2, 0.25) is 11.3 Å². The smallest absolute Gasteiger partial charge is 0.416 e. The molecule has 4 aromatic rings. The van der Waals surface area contributed by atoms with Crippen LogP contribution in [0.2, 0.25) is 5.02 Å². The summed E-state index contributed by atoms with van der Waals surface area (Å²) in [6.45, 7) is 5.61. The molecule has 3 N–H and O–H groups in total. The van der Waals surface area contributed by atoms with E-state index < -0.39 is 29.0 Å². The van der Waals surface area contributed by atoms with E-state index in [1.807, 2.05) is 11.8 Å². The molecule has 47 heavy (non-hydrogen) atoms. The zero-order chi connectivity index (χ0) is 34.2. The first-order valence-electron chi connectivity index (χ1n) is 14.6. The molecule has 0 saturated carbocycles. The second-order valence-electron chi connectivity index (χ2n) is 10.8. The van der Waals surface area contributed by atoms with Crippen molar-refractivity contribution in [2.45, 2.75) is 39.9 Å². The van der Waals surface area contributed by atoms with Crippen molar-refractivity contribution < 1.29 is 27.9 Å². The van der Waals surface area contributed by atoms with Crippen LogP contribution in [0.1, 0.15) is 40.1 Å². The highest BCUT2D eigenvalue weighted by Gasteiger charge is 2.32. The number of rotatable bonds is 7. The molecule has 1 aliphatic heterocycles. The van der Waals surface area contributed by atoms with Crippen LogP contribution >= 0.6 is 11.6 Å². The van der Waals surface area contributed by atoms with Gasteiger partial charge in [-0.2, -0.15) is 13.2 Å². The van der Waals surface area contributed by atoms with Crippen LogP contribution in [0.25, 0.3) is 11.2 Å². The van der Waals surface area contributed by atoms with Crippen LogP contribution in [0.3, 0.4) is 0 Å². The summed E-state index contributed by atoms with van der Waals surface area (Å²) < 4.78 is 41.0. The van der Waals surface area contributed by atoms with Crippen molar-refractivity contribution in [1.29, 1.82) is 0 Å². The maximum absolute atomic E-state index is 14.1. The minimum Gasteiger partial charge on any atom is -0.504 e. The Morgan fingerprint density at radius 2 is 1.77 bits per heavy atom. The number of amides is 2. The number of anilines is 3. The highest BCUT2D eigenvalue weighted by atomic mass is 35.5. The predicted molar refractivity (Wildman–Crippen MR) is 169 cm³/mol. The van der Waals surface area contributed by atoms with Crippen LogP contribution in [0, 0.1) is 13.8 Å². The fourth-order valence-corrected chi connectivity index (χ4v) is 5.70. The van der Waals surface area contributed by atoms with E-state index in [1.54, 1.807) is 25.5 Å². The zero-order valence-corrected chi connectivity index (χ0v) is 26.6. The van der Waals surface area contributed by atoms with Crippen LogP contribution in [-0.4, -0.2) is 79.6 Å². The number of aromatic hydroxyl groups is 1. The topological polar surface area (TPSA) is 158 Å². The summed E-state index contributed by atoms with van der Waals surface area (Å²) in [5, 5.41) is 15.5. The number of nitrogens with one attached hydrogen (secondary N) is 2. The number of carbonyl (C=O) groups is 2. The summed E-state index contributed by atoms with van der Waals surface area (Å²) in [6, 6.07) is 2.62. The Labute approximate surface area is 271 Å². The van der Waals surface area contributed by atoms with E-state index in [4.69, 9.17) is 11.6 Å². The van der Waals surface area contributed by atoms with Gasteiger partial charge in [0.1, 0.15) is 24.4 Å². The molecule has 1 aromatic carbocycles. The lowest BCUT2D eigenvalue weighted by Crippen LogP contribution is -2.50. The number of aryl methyl sites for hydroxylation is 2. The Balaban J connectivity index is 1.50. The van der Waals surface area contributed by atoms with Gasteiger partial charge in [-0.3, -0.25) is 14.4 Å². The Hall–Kier alpha value is -4.99. The van der Waals surface area contributed by atoms with Gasteiger partial charge >= 0.3 is 6.18 Å². The molecular formula is C30H31ClF3N9O4. The van der Waals surface area contributed by atoms with Gasteiger partial charge in [-0.1, -0.05) is 18.5 Å². The SMILES string of the molecule is CCc1c(N2CCN(C(=O)c3ncnc(C)c3O)CC2)c(=O)c2nc(NC)c(C)nc2n1CC(=O)Nc1ccc(C(F)(F)F)cc1Cl. The number of aromatic nitrogens is 5. The normalized spacial score (nSPS) is 13.6. The maximum Gasteiger partial charge on any atom is 0.416 e. The maximum atomic E-state index is 14.1. The Kier molecular flexibility index (Phi) is 9.25. The second kappa shape index (κ2) is 13.0. The number of benzene rings is 1. The molecule has 4 heterocycles. The van der Waals surface area contributed by atoms with Gasteiger partial charge in [0, 0.05) is 38.9 Å². The molecular weight excluding hydrogens is 643 g/mol. The molecule has 0 spiro atoms. The molecule has 2 amide bonds. The number of carbonyl (C=O) groups excluding carboxylic acids is 2. The number of pyridine rings is 1. The molecule has 248 valence electrons. The quantitative estimate of drug-likeness (QED) is 0.264. The number of alkyl halides is 3. The number of hydrogen-bond acceptors (Lipinski definition) is 10. The van der Waals surface area contributed by atoms with Gasteiger partial charge in [-0.15, -0.1) is 0 Å². The molecule has 17 heteroatoms. The van der Waals surface area contributed by atoms with E-state index in [0.717, 1.165) is 18.2 Å². The van der Waals surface area contributed by atoms with Crippen molar-refractivity contribution in [1.82, 2.24) is 29.4 Å². The highest BCUT2D eigenvalue weighted by Crippen LogP contribution is 2.34. The number of piperazine rings is 1. The van der Waals surface area contributed by atoms with Crippen molar-refractivity contribution in [3.63, 3.8) is 0 Å². The van der Waals surface area contributed by atoms with Crippen LogP contribution in [0.4, 0.5) is 30.4 Å². The van der Waals surface area contributed by atoms with Gasteiger partial charge in [-0.25, -0.2) is 19.9 Å². The zero-order valence-electron chi connectivity index (χ0n) is 25.9. The fourth-order valence-electron chi connectivity index (χ4n) is 5.47. The van der Waals surface area contributed by atoms with Gasteiger partial charge in [0.15, 0.2) is 22.6 Å². The van der Waals surface area contributed by atoms with Gasteiger partial charge in [-0.05, 0) is 38.5 Å². The molecule has 13 nitrogen and oxygen atoms in total. The lowest BCUT2D eigenvalue weighted by molar-refractivity contribution is -0.137. The van der Waals surface area contributed by atoms with Crippen molar-refractivity contribution in [2.75, 3.05) is 48.8 Å². The standard InChI is InChI=1S/C30H31ClF3N9O4/c1-5-20-24(41-8-10-42(11-9-41)29(47)23-25(45)15(2)36-14-37-23)26(46)22-28(38-16(3)27(35-4)40-22)43(20)13-21(44)39-19-7-6-17(12-18(19)31)30(32,33)34/h6-7,12,14,45H,5,8-11,13H2,1-4H3,(H,35,40)(H,39,44).